The summed E-state index contributed by atoms with van der Waals surface area (Å²) in [5, 5.41) is 0. The average molecular weight is 970 g/mol. The second-order valence-corrected chi connectivity index (χ2v) is 30.6. The second kappa shape index (κ2) is 17.7. The van der Waals surface area contributed by atoms with Crippen LogP contribution in [0.1, 0.15) is 219 Å². The molecule has 2 aliphatic heterocycles. The molecule has 0 aliphatic carbocycles. The van der Waals surface area contributed by atoms with Crippen molar-refractivity contribution in [3.63, 3.8) is 0 Å². The lowest BCUT2D eigenvalue weighted by Gasteiger charge is -2.35. The first kappa shape index (κ1) is 53.3. The summed E-state index contributed by atoms with van der Waals surface area (Å²) in [6.45, 7) is 47.5. The summed E-state index contributed by atoms with van der Waals surface area (Å²) in [6.07, 6.45) is 1.59. The van der Waals surface area contributed by atoms with E-state index in [0.717, 1.165) is 66.8 Å². The Morgan fingerprint density at radius 1 is 0.403 bits per heavy atom. The van der Waals surface area contributed by atoms with E-state index in [9.17, 15) is 0 Å². The molecule has 1 unspecified atom stereocenters. The Morgan fingerprint density at radius 3 is 0.910 bits per heavy atom. The maximum absolute atomic E-state index is 15.8. The van der Waals surface area contributed by atoms with Crippen LogP contribution in [0.15, 0.2) is 48.5 Å². The Morgan fingerprint density at radius 2 is 0.657 bits per heavy atom. The van der Waals surface area contributed by atoms with Gasteiger partial charge >= 0.3 is 31.5 Å². The molecule has 0 aromatic heterocycles. The Kier molecular flexibility index (Phi) is 14.1. The number of hydrogen-bond donors (Lipinski definition) is 0. The zero-order valence-corrected chi connectivity index (χ0v) is 47.9. The van der Waals surface area contributed by atoms with E-state index >= 15 is 9.13 Å². The van der Waals surface area contributed by atoms with E-state index in [-0.39, 0.29) is 21.7 Å². The molecule has 2 heterocycles. The fourth-order valence-corrected chi connectivity index (χ4v) is 12.4. The first-order chi connectivity index (χ1) is 30.2. The predicted molar refractivity (Wildman–Crippen MR) is 277 cm³/mol. The van der Waals surface area contributed by atoms with Crippen molar-refractivity contribution in [3.8, 4) is 23.0 Å². The Balaban J connectivity index is 1.54. The van der Waals surface area contributed by atoms with Gasteiger partial charge in [-0.3, -0.25) is 0 Å². The van der Waals surface area contributed by atoms with Crippen molar-refractivity contribution in [1.82, 2.24) is 0 Å². The smallest absolute Gasteiger partial charge is 0.396 e. The molecule has 0 amide bonds. The normalized spacial score (nSPS) is 17.9. The van der Waals surface area contributed by atoms with Gasteiger partial charge in [-0.15, -0.1) is 0 Å². The molecule has 2 aliphatic rings. The van der Waals surface area contributed by atoms with Gasteiger partial charge in [-0.1, -0.05) is 201 Å². The minimum atomic E-state index is -4.62. The second-order valence-electron chi connectivity index (χ2n) is 26.2. The summed E-state index contributed by atoms with van der Waals surface area (Å²) < 4.78 is 70.9. The molecule has 4 aromatic carbocycles. The van der Waals surface area contributed by atoms with Crippen LogP contribution in [-0.2, 0) is 73.4 Å². The van der Waals surface area contributed by atoms with E-state index in [4.69, 9.17) is 25.2 Å². The highest BCUT2D eigenvalue weighted by molar-refractivity contribution is 7.52. The number of rotatable bonds is 5. The minimum absolute atomic E-state index is 0.161. The van der Waals surface area contributed by atoms with Gasteiger partial charge in [-0.05, 0) is 94.4 Å². The largest absolute Gasteiger partial charge is 0.689 e. The van der Waals surface area contributed by atoms with Gasteiger partial charge in [0.15, 0.2) is 0 Å². The molecule has 0 N–H and O–H groups in total. The van der Waals surface area contributed by atoms with E-state index < -0.39 is 47.8 Å². The molecular weight excluding hydrogens is 890 g/mol. The molecule has 4 aromatic rings. The maximum atomic E-state index is 15.8. The number of phosphoric acid groups is 2. The number of aryl methyl sites for hydroxylation is 1. The van der Waals surface area contributed by atoms with Gasteiger partial charge < -0.3 is 25.2 Å². The monoisotopic (exact) mass is 970 g/mol. The fraction of sp³-hybridized carbons (Fsp3) is 0.571. The molecule has 1 radical (unpaired) electrons. The van der Waals surface area contributed by atoms with Gasteiger partial charge in [0.1, 0.15) is 23.0 Å². The summed E-state index contributed by atoms with van der Waals surface area (Å²) in [7, 11) is -9.21. The zero-order chi connectivity index (χ0) is 50.5. The Bertz CT molecular complexity index is 2560. The van der Waals surface area contributed by atoms with E-state index in [1.807, 2.05) is 0 Å². The lowest BCUT2D eigenvalue weighted by molar-refractivity contribution is 0.257. The van der Waals surface area contributed by atoms with E-state index in [1.165, 1.54) is 0 Å². The molecular formula is C56H80AlO8P2. The third kappa shape index (κ3) is 11.8. The predicted octanol–water partition coefficient (Wildman–Crippen LogP) is 16.5. The van der Waals surface area contributed by atoms with Gasteiger partial charge in [0.05, 0.1) is 0 Å². The first-order valence-electron chi connectivity index (χ1n) is 24.1. The Hall–Kier alpha value is -3.01. The van der Waals surface area contributed by atoms with Crippen molar-refractivity contribution >= 4 is 31.5 Å². The van der Waals surface area contributed by atoms with Gasteiger partial charge in [0.2, 0.25) is 0 Å². The van der Waals surface area contributed by atoms with Crippen LogP contribution in [0.2, 0.25) is 0 Å². The van der Waals surface area contributed by atoms with Crippen molar-refractivity contribution < 1.29 is 34.4 Å². The lowest BCUT2D eigenvalue weighted by Crippen LogP contribution is -2.24. The van der Waals surface area contributed by atoms with Crippen molar-refractivity contribution in [1.29, 1.82) is 0 Å². The maximum Gasteiger partial charge on any atom is 0.689 e. The van der Waals surface area contributed by atoms with Crippen LogP contribution in [0, 0.1) is 0 Å². The first-order valence-corrected chi connectivity index (χ1v) is 28.0. The molecule has 0 fully saturated rings. The molecule has 11 heteroatoms. The van der Waals surface area contributed by atoms with E-state index in [1.54, 1.807) is 0 Å². The van der Waals surface area contributed by atoms with Crippen LogP contribution < -0.4 is 18.1 Å². The van der Waals surface area contributed by atoms with Gasteiger partial charge in [-0.25, -0.2) is 9.13 Å². The van der Waals surface area contributed by atoms with Crippen molar-refractivity contribution in [2.45, 2.75) is 209 Å². The fourth-order valence-electron chi connectivity index (χ4n) is 8.56. The lowest BCUT2D eigenvalue weighted by atomic mass is 9.76. The number of phosphoric ester groups is 2. The van der Waals surface area contributed by atoms with Crippen LogP contribution in [0.4, 0.5) is 0 Å². The summed E-state index contributed by atoms with van der Waals surface area (Å²) in [5.41, 5.74) is 9.66. The van der Waals surface area contributed by atoms with E-state index in [2.05, 4.69) is 201 Å². The third-order valence-electron chi connectivity index (χ3n) is 12.9. The van der Waals surface area contributed by atoms with E-state index in [0.29, 0.717) is 42.3 Å². The highest BCUT2D eigenvalue weighted by Gasteiger charge is 2.44. The quantitative estimate of drug-likeness (QED) is 0.144. The average Bonchev–Trinajstić information content (AvgIpc) is 3.12. The van der Waals surface area contributed by atoms with Crippen LogP contribution >= 0.6 is 15.6 Å². The van der Waals surface area contributed by atoms with Gasteiger partial charge in [0.25, 0.3) is 0 Å². The molecule has 0 spiro atoms. The molecule has 0 saturated carbocycles. The minimum Gasteiger partial charge on any atom is -0.396 e. The molecule has 0 saturated heterocycles. The summed E-state index contributed by atoms with van der Waals surface area (Å²) in [5.74, 6) is 1.82. The van der Waals surface area contributed by atoms with Crippen molar-refractivity contribution in [2.75, 3.05) is 0 Å². The molecule has 1 atom stereocenters. The molecule has 365 valence electrons. The van der Waals surface area contributed by atoms with Crippen LogP contribution in [-0.4, -0.2) is 15.9 Å². The molecule has 8 nitrogen and oxygen atoms in total. The number of benzene rings is 4. The van der Waals surface area contributed by atoms with Crippen LogP contribution in [0.5, 0.6) is 23.0 Å². The summed E-state index contributed by atoms with van der Waals surface area (Å²) in [6, 6.07) is 17.3. The van der Waals surface area contributed by atoms with Crippen molar-refractivity contribution in [3.05, 3.63) is 115 Å². The highest BCUT2D eigenvalue weighted by atomic mass is 31.2. The highest BCUT2D eigenvalue weighted by Crippen LogP contribution is 2.60. The summed E-state index contributed by atoms with van der Waals surface area (Å²) >= 11 is -1.85. The van der Waals surface area contributed by atoms with Gasteiger partial charge in [0, 0.05) is 29.5 Å². The molecule has 6 rings (SSSR count). The number of hydrogen-bond acceptors (Lipinski definition) is 8. The SMILES string of the molecule is CCc1cc(C(C)(C)C)cc2c1OP(=O)([O][Al][O]P1(=O)Oc3c(cc(C(C)(C)C)cc3C(C)(C)C)Cc3cc(C(C)(C)C)cc(C(C)(C)C)c3O1)Oc1c(cc(C(C)(C)C)cc1C(C)(C)C)C2. The zero-order valence-electron chi connectivity index (χ0n) is 45.0. The van der Waals surface area contributed by atoms with Crippen LogP contribution in [0.25, 0.3) is 0 Å². The number of fused-ring (bicyclic) bond motifs is 4. The Labute approximate surface area is 411 Å². The molecule has 0 bridgehead atoms. The van der Waals surface area contributed by atoms with Crippen LogP contribution in [0.3, 0.4) is 0 Å². The topological polar surface area (TPSA) is 89.5 Å². The van der Waals surface area contributed by atoms with Gasteiger partial charge in [-0.2, -0.15) is 0 Å². The standard InChI is InChI=1S/C29H43O4P.C27H39O4P.Al/c1-26(2,3)20-14-18-13-19-15-21(27(4,5)6)17-23(29(10,11)12)25(19)33-34(30,31)32-24(18)22(16-20)28(7,8)9;1-11-17-13-20(25(2,3)4)14-18-12-19-15-21(26(5,6)7)16-22(27(8,9)10)24(19)31-32(28,29)30-23(17)18;/h14-17H,13H2,1-12H3,(H,30,31);13-16H,11-12H2,1-10H3,(H,28,29);/q;;+2/p-2. The molecule has 67 heavy (non-hydrogen) atoms. The third-order valence-corrected chi connectivity index (χ3v) is 17.3. The summed E-state index contributed by atoms with van der Waals surface area (Å²) in [4.78, 5) is 0. The van der Waals surface area contributed by atoms with Crippen molar-refractivity contribution in [2.24, 2.45) is 0 Å².